The van der Waals surface area contributed by atoms with Gasteiger partial charge in [-0.1, -0.05) is 30.3 Å². The van der Waals surface area contributed by atoms with E-state index in [2.05, 4.69) is 4.98 Å². The van der Waals surface area contributed by atoms with E-state index in [1.807, 2.05) is 35.7 Å². The van der Waals surface area contributed by atoms with Gasteiger partial charge in [-0.05, 0) is 5.56 Å². The quantitative estimate of drug-likeness (QED) is 0.789. The third kappa shape index (κ3) is 3.55. The van der Waals surface area contributed by atoms with Crippen LogP contribution in [0.2, 0.25) is 0 Å². The van der Waals surface area contributed by atoms with Crippen LogP contribution in [0.25, 0.3) is 0 Å². The average molecular weight is 281 g/mol. The lowest BCUT2D eigenvalue weighted by Crippen LogP contribution is -2.30. The van der Waals surface area contributed by atoms with Gasteiger partial charge in [0.15, 0.2) is 0 Å². The second kappa shape index (κ2) is 6.52. The first-order chi connectivity index (χ1) is 8.79. The number of nitrogens with zero attached hydrogens (tertiary/aromatic N) is 2. The standard InChI is InChI=1S/C13H13ClN2OS/c14-8-13(17)16(10-12-15-6-7-18-12)9-11-4-2-1-3-5-11/h1-7H,8-10H2. The van der Waals surface area contributed by atoms with Gasteiger partial charge in [-0.2, -0.15) is 0 Å². The third-order valence-corrected chi connectivity index (χ3v) is 3.49. The van der Waals surface area contributed by atoms with Crippen molar-refractivity contribution in [1.29, 1.82) is 0 Å². The van der Waals surface area contributed by atoms with Crippen LogP contribution in [0, 0.1) is 0 Å². The maximum Gasteiger partial charge on any atom is 0.238 e. The largest absolute Gasteiger partial charge is 0.331 e. The molecular formula is C13H13ClN2OS. The minimum Gasteiger partial charge on any atom is -0.331 e. The summed E-state index contributed by atoms with van der Waals surface area (Å²) >= 11 is 7.19. The lowest BCUT2D eigenvalue weighted by atomic mass is 10.2. The van der Waals surface area contributed by atoms with Crippen molar-refractivity contribution < 1.29 is 4.79 Å². The van der Waals surface area contributed by atoms with Gasteiger partial charge in [0.25, 0.3) is 0 Å². The summed E-state index contributed by atoms with van der Waals surface area (Å²) in [6, 6.07) is 9.87. The van der Waals surface area contributed by atoms with E-state index in [-0.39, 0.29) is 11.8 Å². The normalized spacial score (nSPS) is 10.3. The number of aromatic nitrogens is 1. The summed E-state index contributed by atoms with van der Waals surface area (Å²) < 4.78 is 0. The predicted molar refractivity (Wildman–Crippen MR) is 73.5 cm³/mol. The van der Waals surface area contributed by atoms with E-state index in [1.165, 1.54) is 0 Å². The Hall–Kier alpha value is -1.39. The van der Waals surface area contributed by atoms with Gasteiger partial charge in [0.05, 0.1) is 6.54 Å². The summed E-state index contributed by atoms with van der Waals surface area (Å²) in [7, 11) is 0. The van der Waals surface area contributed by atoms with Crippen molar-refractivity contribution in [2.75, 3.05) is 5.88 Å². The van der Waals surface area contributed by atoms with Crippen LogP contribution < -0.4 is 0 Å². The van der Waals surface area contributed by atoms with Crippen molar-refractivity contribution >= 4 is 28.8 Å². The van der Waals surface area contributed by atoms with E-state index in [9.17, 15) is 4.79 Å². The molecule has 2 aromatic rings. The van der Waals surface area contributed by atoms with E-state index < -0.39 is 0 Å². The van der Waals surface area contributed by atoms with E-state index in [0.29, 0.717) is 13.1 Å². The van der Waals surface area contributed by atoms with Gasteiger partial charge in [-0.15, -0.1) is 22.9 Å². The van der Waals surface area contributed by atoms with Crippen molar-refractivity contribution in [3.05, 3.63) is 52.5 Å². The summed E-state index contributed by atoms with van der Waals surface area (Å²) in [6.07, 6.45) is 1.74. The highest BCUT2D eigenvalue weighted by molar-refractivity contribution is 7.09. The SMILES string of the molecule is O=C(CCl)N(Cc1ccccc1)Cc1nccs1. The van der Waals surface area contributed by atoms with Gasteiger partial charge in [-0.25, -0.2) is 4.98 Å². The molecule has 1 amide bonds. The maximum absolute atomic E-state index is 11.8. The maximum atomic E-state index is 11.8. The number of carbonyl (C=O) groups excluding carboxylic acids is 1. The minimum absolute atomic E-state index is 0.00178. The van der Waals surface area contributed by atoms with Gasteiger partial charge in [-0.3, -0.25) is 4.79 Å². The van der Waals surface area contributed by atoms with Crippen LogP contribution in [0.3, 0.4) is 0 Å². The molecule has 1 aromatic heterocycles. The fourth-order valence-electron chi connectivity index (χ4n) is 1.61. The summed E-state index contributed by atoms with van der Waals surface area (Å²) in [6.45, 7) is 1.07. The lowest BCUT2D eigenvalue weighted by Gasteiger charge is -2.20. The molecule has 0 aliphatic rings. The van der Waals surface area contributed by atoms with E-state index in [0.717, 1.165) is 10.6 Å². The fourth-order valence-corrected chi connectivity index (χ4v) is 2.41. The van der Waals surface area contributed by atoms with Crippen LogP contribution >= 0.6 is 22.9 Å². The summed E-state index contributed by atoms with van der Waals surface area (Å²) in [4.78, 5) is 17.7. The van der Waals surface area contributed by atoms with Crippen molar-refractivity contribution in [1.82, 2.24) is 9.88 Å². The van der Waals surface area contributed by atoms with Crippen LogP contribution in [0.15, 0.2) is 41.9 Å². The Morgan fingerprint density at radius 1 is 1.28 bits per heavy atom. The molecule has 1 heterocycles. The smallest absolute Gasteiger partial charge is 0.238 e. The molecule has 94 valence electrons. The minimum atomic E-state index is -0.0734. The second-order valence-electron chi connectivity index (χ2n) is 3.79. The fraction of sp³-hybridized carbons (Fsp3) is 0.231. The highest BCUT2D eigenvalue weighted by Crippen LogP contribution is 2.12. The molecule has 2 rings (SSSR count). The number of benzene rings is 1. The summed E-state index contributed by atoms with van der Waals surface area (Å²) in [5.41, 5.74) is 1.09. The molecule has 0 N–H and O–H groups in total. The zero-order valence-electron chi connectivity index (χ0n) is 9.75. The van der Waals surface area contributed by atoms with Gasteiger partial charge in [0.2, 0.25) is 5.91 Å². The number of carbonyl (C=O) groups is 1. The predicted octanol–water partition coefficient (Wildman–Crippen LogP) is 2.91. The molecule has 0 fully saturated rings. The van der Waals surface area contributed by atoms with Gasteiger partial charge in [0, 0.05) is 18.1 Å². The Bertz CT molecular complexity index is 487. The van der Waals surface area contributed by atoms with E-state index in [4.69, 9.17) is 11.6 Å². The highest BCUT2D eigenvalue weighted by atomic mass is 35.5. The Morgan fingerprint density at radius 2 is 2.06 bits per heavy atom. The lowest BCUT2D eigenvalue weighted by molar-refractivity contribution is -0.129. The van der Waals surface area contributed by atoms with Crippen molar-refractivity contribution in [3.63, 3.8) is 0 Å². The molecule has 0 radical (unpaired) electrons. The molecule has 0 spiro atoms. The zero-order chi connectivity index (χ0) is 12.8. The molecule has 0 bridgehead atoms. The topological polar surface area (TPSA) is 33.2 Å². The highest BCUT2D eigenvalue weighted by Gasteiger charge is 2.14. The van der Waals surface area contributed by atoms with Crippen LogP contribution in [-0.4, -0.2) is 21.7 Å². The first-order valence-electron chi connectivity index (χ1n) is 5.55. The molecular weight excluding hydrogens is 268 g/mol. The van der Waals surface area contributed by atoms with Crippen molar-refractivity contribution in [2.45, 2.75) is 13.1 Å². The Morgan fingerprint density at radius 3 is 2.67 bits per heavy atom. The van der Waals surface area contributed by atoms with E-state index >= 15 is 0 Å². The molecule has 3 nitrogen and oxygen atoms in total. The first-order valence-corrected chi connectivity index (χ1v) is 6.97. The second-order valence-corrected chi connectivity index (χ2v) is 5.04. The van der Waals surface area contributed by atoms with Gasteiger partial charge in [0.1, 0.15) is 10.9 Å². The molecule has 0 atom stereocenters. The molecule has 1 aromatic carbocycles. The average Bonchev–Trinajstić information content (AvgIpc) is 2.91. The number of halogens is 1. The van der Waals surface area contributed by atoms with Crippen LogP contribution in [0.5, 0.6) is 0 Å². The molecule has 0 unspecified atom stereocenters. The molecule has 0 aliphatic heterocycles. The van der Waals surface area contributed by atoms with E-state index in [1.54, 1.807) is 22.4 Å². The van der Waals surface area contributed by atoms with Crippen LogP contribution in [0.1, 0.15) is 10.6 Å². The van der Waals surface area contributed by atoms with Gasteiger partial charge < -0.3 is 4.90 Å². The first kappa shape index (κ1) is 13.1. The van der Waals surface area contributed by atoms with Crippen molar-refractivity contribution in [3.8, 4) is 0 Å². The van der Waals surface area contributed by atoms with Crippen LogP contribution in [-0.2, 0) is 17.9 Å². The number of thiazole rings is 1. The third-order valence-electron chi connectivity index (χ3n) is 2.49. The number of amides is 1. The van der Waals surface area contributed by atoms with Crippen LogP contribution in [0.4, 0.5) is 0 Å². The molecule has 0 saturated heterocycles. The summed E-state index contributed by atoms with van der Waals surface area (Å²) in [5, 5.41) is 2.82. The molecule has 18 heavy (non-hydrogen) atoms. The monoisotopic (exact) mass is 280 g/mol. The number of hydrogen-bond donors (Lipinski definition) is 0. The number of rotatable bonds is 5. The number of alkyl halides is 1. The summed E-state index contributed by atoms with van der Waals surface area (Å²) in [5.74, 6) is -0.0752. The Balaban J connectivity index is 2.08. The molecule has 0 aliphatic carbocycles. The number of hydrogen-bond acceptors (Lipinski definition) is 3. The Kier molecular flexibility index (Phi) is 4.73. The zero-order valence-corrected chi connectivity index (χ0v) is 11.3. The Labute approximate surface area is 115 Å². The molecule has 0 saturated carbocycles. The van der Waals surface area contributed by atoms with Crippen molar-refractivity contribution in [2.24, 2.45) is 0 Å². The van der Waals surface area contributed by atoms with Gasteiger partial charge >= 0.3 is 0 Å². The molecule has 5 heteroatoms.